The van der Waals surface area contributed by atoms with Gasteiger partial charge in [0.2, 0.25) is 0 Å². The zero-order valence-corrected chi connectivity index (χ0v) is 17.4. The number of ether oxygens (including phenoxy) is 1. The first-order valence-corrected chi connectivity index (χ1v) is 10.2. The molecule has 0 amide bonds. The van der Waals surface area contributed by atoms with Crippen LogP contribution in [-0.2, 0) is 4.74 Å². The maximum absolute atomic E-state index is 13.7. The molecule has 0 aliphatic carbocycles. The largest absolute Gasteiger partial charge is 0.462 e. The van der Waals surface area contributed by atoms with Gasteiger partial charge in [-0.3, -0.25) is 0 Å². The summed E-state index contributed by atoms with van der Waals surface area (Å²) in [5, 5.41) is 6.42. The number of nitrogens with one attached hydrogen (secondary N) is 2. The third kappa shape index (κ3) is 3.98. The van der Waals surface area contributed by atoms with E-state index in [1.54, 1.807) is 20.0 Å². The predicted octanol–water partition coefficient (Wildman–Crippen LogP) is 4.84. The van der Waals surface area contributed by atoms with Gasteiger partial charge in [-0.05, 0) is 19.4 Å². The predicted molar refractivity (Wildman–Crippen MR) is 113 cm³/mol. The number of aromatic nitrogens is 2. The molecule has 160 valence electrons. The Kier molecular flexibility index (Phi) is 5.64. The molecule has 2 aromatic heterocycles. The number of allylic oxidation sites excluding steroid dienone is 2. The third-order valence-corrected chi connectivity index (χ3v) is 5.71. The zero-order valence-electron chi connectivity index (χ0n) is 16.6. The average molecular weight is 446 g/mol. The first kappa shape index (κ1) is 20.9. The van der Waals surface area contributed by atoms with Crippen molar-refractivity contribution in [2.24, 2.45) is 0 Å². The Hall–Kier alpha value is -3.40. The second-order valence-corrected chi connectivity index (χ2v) is 7.64. The molecule has 2 N–H and O–H groups in total. The molecule has 0 fully saturated rings. The Labute approximate surface area is 179 Å². The number of aryl methyl sites for hydroxylation is 1. The Morgan fingerprint density at radius 3 is 2.65 bits per heavy atom. The molecule has 0 atom stereocenters. The lowest BCUT2D eigenvalue weighted by atomic mass is 10.1. The average Bonchev–Trinajstić information content (AvgIpc) is 3.09. The van der Waals surface area contributed by atoms with E-state index < -0.39 is 23.4 Å². The molecule has 31 heavy (non-hydrogen) atoms. The van der Waals surface area contributed by atoms with Gasteiger partial charge in [0.25, 0.3) is 0 Å². The third-order valence-electron chi connectivity index (χ3n) is 4.55. The number of dihydropyridines is 1. The lowest BCUT2D eigenvalue weighted by molar-refractivity contribution is 0.0531. The van der Waals surface area contributed by atoms with E-state index in [1.165, 1.54) is 0 Å². The van der Waals surface area contributed by atoms with Crippen LogP contribution in [0.3, 0.4) is 0 Å². The van der Waals surface area contributed by atoms with Gasteiger partial charge < -0.3 is 15.4 Å². The smallest absolute Gasteiger partial charge is 0.348 e. The van der Waals surface area contributed by atoms with E-state index in [9.17, 15) is 18.0 Å². The zero-order chi connectivity index (χ0) is 22.1. The molecule has 0 bridgehead atoms. The molecule has 1 aromatic carbocycles. The Balaban J connectivity index is 1.89. The summed E-state index contributed by atoms with van der Waals surface area (Å²) < 4.78 is 45.9. The Morgan fingerprint density at radius 1 is 1.26 bits per heavy atom. The van der Waals surface area contributed by atoms with Gasteiger partial charge in [-0.15, -0.1) is 11.3 Å². The summed E-state index contributed by atoms with van der Waals surface area (Å²) in [5.41, 5.74) is 1.23. The number of hydrogen-bond acceptors (Lipinski definition) is 7. The van der Waals surface area contributed by atoms with Crippen molar-refractivity contribution in [1.29, 1.82) is 0 Å². The van der Waals surface area contributed by atoms with Crippen molar-refractivity contribution in [1.82, 2.24) is 15.3 Å². The first-order valence-electron chi connectivity index (χ1n) is 9.39. The quantitative estimate of drug-likeness (QED) is 0.432. The molecule has 6 nitrogen and oxygen atoms in total. The molecule has 0 saturated carbocycles. The lowest BCUT2D eigenvalue weighted by Gasteiger charge is -2.12. The summed E-state index contributed by atoms with van der Waals surface area (Å²) in [6, 6.07) is 1.67. The maximum Gasteiger partial charge on any atom is 0.348 e. The lowest BCUT2D eigenvalue weighted by Crippen LogP contribution is -2.10. The van der Waals surface area contributed by atoms with Crippen LogP contribution in [0.25, 0.3) is 15.8 Å². The summed E-state index contributed by atoms with van der Waals surface area (Å²) >= 11 is 1.14. The van der Waals surface area contributed by atoms with Crippen molar-refractivity contribution < 1.29 is 22.7 Å². The minimum Gasteiger partial charge on any atom is -0.462 e. The van der Waals surface area contributed by atoms with Crippen LogP contribution in [0.1, 0.15) is 28.0 Å². The highest BCUT2D eigenvalue weighted by atomic mass is 32.1. The number of nitrogens with zero attached hydrogens (tertiary/aromatic N) is 2. The van der Waals surface area contributed by atoms with Crippen LogP contribution in [0.2, 0.25) is 0 Å². The van der Waals surface area contributed by atoms with Crippen LogP contribution in [0, 0.1) is 24.4 Å². The molecule has 0 radical (unpaired) electrons. The van der Waals surface area contributed by atoms with Crippen LogP contribution >= 0.6 is 11.3 Å². The van der Waals surface area contributed by atoms with E-state index in [0.29, 0.717) is 38.6 Å². The normalized spacial score (nSPS) is 13.1. The van der Waals surface area contributed by atoms with Gasteiger partial charge in [-0.2, -0.15) is 0 Å². The van der Waals surface area contributed by atoms with Crippen LogP contribution in [0.15, 0.2) is 30.5 Å². The number of esters is 1. The molecule has 0 unspecified atom stereocenters. The highest BCUT2D eigenvalue weighted by molar-refractivity contribution is 7.20. The number of halogens is 3. The molecule has 0 spiro atoms. The summed E-state index contributed by atoms with van der Waals surface area (Å²) in [5.74, 6) is -4.13. The van der Waals surface area contributed by atoms with E-state index >= 15 is 0 Å². The van der Waals surface area contributed by atoms with Gasteiger partial charge >= 0.3 is 5.97 Å². The highest BCUT2D eigenvalue weighted by Crippen LogP contribution is 2.37. The van der Waals surface area contributed by atoms with Gasteiger partial charge in [0.1, 0.15) is 15.5 Å². The van der Waals surface area contributed by atoms with Crippen molar-refractivity contribution in [2.45, 2.75) is 13.8 Å². The molecule has 10 heteroatoms. The number of hydrogen-bond donors (Lipinski definition) is 2. The topological polar surface area (TPSA) is 76.1 Å². The van der Waals surface area contributed by atoms with Gasteiger partial charge in [0, 0.05) is 36.1 Å². The van der Waals surface area contributed by atoms with Gasteiger partial charge in [0.15, 0.2) is 23.3 Å². The van der Waals surface area contributed by atoms with Crippen LogP contribution < -0.4 is 10.6 Å². The van der Waals surface area contributed by atoms with Gasteiger partial charge in [0.05, 0.1) is 12.0 Å². The molecule has 0 saturated heterocycles. The number of carbonyl (C=O) groups excluding carboxylic acids is 1. The summed E-state index contributed by atoms with van der Waals surface area (Å²) in [6.07, 6.45) is 5.48. The summed E-state index contributed by atoms with van der Waals surface area (Å²) in [4.78, 5) is 22.3. The van der Waals surface area contributed by atoms with Crippen molar-refractivity contribution in [2.75, 3.05) is 18.5 Å². The Morgan fingerprint density at radius 2 is 2.00 bits per heavy atom. The van der Waals surface area contributed by atoms with E-state index in [0.717, 1.165) is 23.5 Å². The Bertz CT molecular complexity index is 1230. The fraction of sp³-hybridized carbons (Fsp3) is 0.190. The van der Waals surface area contributed by atoms with E-state index in [2.05, 4.69) is 20.6 Å². The van der Waals surface area contributed by atoms with Crippen LogP contribution in [-0.4, -0.2) is 29.1 Å². The number of fused-ring (bicyclic) bond motifs is 1. The minimum atomic E-state index is -1.56. The second kappa shape index (κ2) is 8.38. The molecular formula is C21H17F3N4O2S. The molecule has 1 aliphatic rings. The summed E-state index contributed by atoms with van der Waals surface area (Å²) in [6.45, 7) is 4.30. The number of rotatable bonds is 5. The van der Waals surface area contributed by atoms with Gasteiger partial charge in [-0.1, -0.05) is 12.2 Å². The fourth-order valence-corrected chi connectivity index (χ4v) is 4.20. The van der Waals surface area contributed by atoms with Crippen LogP contribution in [0.5, 0.6) is 0 Å². The van der Waals surface area contributed by atoms with Crippen molar-refractivity contribution >= 4 is 44.6 Å². The van der Waals surface area contributed by atoms with Crippen molar-refractivity contribution in [3.05, 3.63) is 64.2 Å². The number of carbonyl (C=O) groups is 1. The van der Waals surface area contributed by atoms with Crippen LogP contribution in [0.4, 0.5) is 24.7 Å². The number of benzene rings is 1. The molecule has 3 aromatic rings. The minimum absolute atomic E-state index is 0.0306. The maximum atomic E-state index is 13.7. The standard InChI is InChI=1S/C21H17F3N4O2S/c1-3-30-21(29)17-10(2)15-19(26-12-7-13(22)16(24)14(23)8-12)27-18(28-20(15)31-17)11-5-4-6-25-9-11/h4-5,7-9,25H,3,6H2,1-2H3,(H,26,27,28). The molecule has 1 aliphatic heterocycles. The SMILES string of the molecule is CCOC(=O)c1sc2nc(C3=CNCC=C3)nc(Nc3cc(F)c(F)c(F)c3)c2c1C. The van der Waals surface area contributed by atoms with E-state index in [-0.39, 0.29) is 18.1 Å². The van der Waals surface area contributed by atoms with Gasteiger partial charge in [-0.25, -0.2) is 27.9 Å². The van der Waals surface area contributed by atoms with Crippen molar-refractivity contribution in [3.63, 3.8) is 0 Å². The van der Waals surface area contributed by atoms with Crippen molar-refractivity contribution in [3.8, 4) is 0 Å². The monoisotopic (exact) mass is 446 g/mol. The van der Waals surface area contributed by atoms with E-state index in [4.69, 9.17) is 4.74 Å². The summed E-state index contributed by atoms with van der Waals surface area (Å²) in [7, 11) is 0. The van der Waals surface area contributed by atoms with E-state index in [1.807, 2.05) is 12.2 Å². The fourth-order valence-electron chi connectivity index (χ4n) is 3.12. The molecular weight excluding hydrogens is 429 g/mol. The number of anilines is 2. The molecule has 4 rings (SSSR count). The molecule has 3 heterocycles. The first-order chi connectivity index (χ1) is 14.9. The number of thiophene rings is 1. The second-order valence-electron chi connectivity index (χ2n) is 6.64. The highest BCUT2D eigenvalue weighted by Gasteiger charge is 2.23.